The molecule has 0 saturated carbocycles. The summed E-state index contributed by atoms with van der Waals surface area (Å²) in [5.74, 6) is -2.24. The minimum Gasteiger partial charge on any atom is -0.480 e. The fraction of sp³-hybridized carbons (Fsp3) is 0.125. The van der Waals surface area contributed by atoms with Crippen molar-refractivity contribution in [2.24, 2.45) is 0 Å². The average molecular weight is 287 g/mol. The lowest BCUT2D eigenvalue weighted by Crippen LogP contribution is -2.35. The summed E-state index contributed by atoms with van der Waals surface area (Å²) in [6, 6.07) is 12.1. The van der Waals surface area contributed by atoms with Gasteiger partial charge in [0.25, 0.3) is 5.91 Å². The average Bonchev–Trinajstić information content (AvgIpc) is 2.45. The van der Waals surface area contributed by atoms with Gasteiger partial charge in [-0.2, -0.15) is 0 Å². The van der Waals surface area contributed by atoms with Gasteiger partial charge in [0.1, 0.15) is 12.4 Å². The van der Waals surface area contributed by atoms with Crippen LogP contribution in [0.15, 0.2) is 48.5 Å². The number of hydrogen-bond donors (Lipinski definition) is 1. The predicted octanol–water partition coefficient (Wildman–Crippen LogP) is 2.87. The normalized spacial score (nSPS) is 10.2. The maximum absolute atomic E-state index is 13.2. The third-order valence-corrected chi connectivity index (χ3v) is 2.96. The summed E-state index contributed by atoms with van der Waals surface area (Å²) < 4.78 is 13.2. The highest BCUT2D eigenvalue weighted by Gasteiger charge is 2.20. The molecule has 4 nitrogen and oxygen atoms in total. The molecule has 5 heteroatoms. The molecule has 0 aliphatic heterocycles. The molecule has 0 saturated heterocycles. The van der Waals surface area contributed by atoms with Gasteiger partial charge in [0.2, 0.25) is 0 Å². The number of hydrogen-bond acceptors (Lipinski definition) is 2. The van der Waals surface area contributed by atoms with Crippen molar-refractivity contribution in [1.82, 2.24) is 0 Å². The van der Waals surface area contributed by atoms with E-state index in [1.807, 2.05) is 6.92 Å². The van der Waals surface area contributed by atoms with Crippen LogP contribution in [0.5, 0.6) is 0 Å². The Morgan fingerprint density at radius 3 is 2.38 bits per heavy atom. The topological polar surface area (TPSA) is 57.6 Å². The number of carboxylic acids is 1. The maximum Gasteiger partial charge on any atom is 0.323 e. The molecule has 0 aliphatic carbocycles. The highest BCUT2D eigenvalue weighted by Crippen LogP contribution is 2.18. The lowest BCUT2D eigenvalue weighted by Gasteiger charge is -2.21. The summed E-state index contributed by atoms with van der Waals surface area (Å²) in [6.45, 7) is 1.40. The molecule has 0 unspecified atom stereocenters. The Bertz CT molecular complexity index is 667. The van der Waals surface area contributed by atoms with Crippen LogP contribution < -0.4 is 4.90 Å². The van der Waals surface area contributed by atoms with Crippen LogP contribution in [-0.4, -0.2) is 23.5 Å². The van der Waals surface area contributed by atoms with Crippen molar-refractivity contribution >= 4 is 17.6 Å². The summed E-state index contributed by atoms with van der Waals surface area (Å²) >= 11 is 0. The van der Waals surface area contributed by atoms with E-state index in [0.717, 1.165) is 16.5 Å². The van der Waals surface area contributed by atoms with Gasteiger partial charge in [0.15, 0.2) is 0 Å². The van der Waals surface area contributed by atoms with E-state index >= 15 is 0 Å². The number of aliphatic carboxylic acids is 1. The molecule has 108 valence electrons. The Morgan fingerprint density at radius 2 is 1.81 bits per heavy atom. The zero-order valence-electron chi connectivity index (χ0n) is 11.4. The molecule has 0 aromatic heterocycles. The van der Waals surface area contributed by atoms with E-state index in [4.69, 9.17) is 5.11 Å². The quantitative estimate of drug-likeness (QED) is 0.940. The Labute approximate surface area is 121 Å². The second-order valence-electron chi connectivity index (χ2n) is 4.63. The van der Waals surface area contributed by atoms with Gasteiger partial charge in [-0.25, -0.2) is 4.39 Å². The molecular weight excluding hydrogens is 273 g/mol. The van der Waals surface area contributed by atoms with Gasteiger partial charge in [-0.3, -0.25) is 14.5 Å². The molecule has 0 radical (unpaired) electrons. The first-order valence-corrected chi connectivity index (χ1v) is 6.33. The van der Waals surface area contributed by atoms with Crippen LogP contribution in [0.3, 0.4) is 0 Å². The fourth-order valence-corrected chi connectivity index (χ4v) is 1.92. The molecule has 21 heavy (non-hydrogen) atoms. The van der Waals surface area contributed by atoms with Crippen molar-refractivity contribution in [3.8, 4) is 0 Å². The highest BCUT2D eigenvalue weighted by atomic mass is 19.1. The van der Waals surface area contributed by atoms with E-state index in [1.165, 1.54) is 18.2 Å². The lowest BCUT2D eigenvalue weighted by molar-refractivity contribution is -0.135. The van der Waals surface area contributed by atoms with Crippen molar-refractivity contribution in [3.63, 3.8) is 0 Å². The zero-order valence-corrected chi connectivity index (χ0v) is 11.4. The Morgan fingerprint density at radius 1 is 1.14 bits per heavy atom. The molecule has 2 aromatic rings. The van der Waals surface area contributed by atoms with Crippen LogP contribution >= 0.6 is 0 Å². The molecule has 1 N–H and O–H groups in total. The highest BCUT2D eigenvalue weighted by molar-refractivity contribution is 6.08. The van der Waals surface area contributed by atoms with Crippen molar-refractivity contribution in [3.05, 3.63) is 65.5 Å². The first kappa shape index (κ1) is 14.7. The van der Waals surface area contributed by atoms with Crippen molar-refractivity contribution in [2.45, 2.75) is 6.92 Å². The molecule has 0 fully saturated rings. The van der Waals surface area contributed by atoms with Crippen molar-refractivity contribution in [1.29, 1.82) is 0 Å². The monoisotopic (exact) mass is 287 g/mol. The minimum absolute atomic E-state index is 0.108. The van der Waals surface area contributed by atoms with Crippen LogP contribution in [0.25, 0.3) is 0 Å². The number of amides is 1. The Kier molecular flexibility index (Phi) is 4.33. The standard InChI is InChI=1S/C16H14FNO3/c1-11-5-7-14(8-6-11)18(10-15(19)20)16(21)12-3-2-4-13(17)9-12/h2-9H,10H2,1H3,(H,19,20). The third kappa shape index (κ3) is 3.66. The third-order valence-electron chi connectivity index (χ3n) is 2.96. The number of carbonyl (C=O) groups excluding carboxylic acids is 1. The number of halogens is 1. The van der Waals surface area contributed by atoms with E-state index in [9.17, 15) is 14.0 Å². The van der Waals surface area contributed by atoms with E-state index in [0.29, 0.717) is 5.69 Å². The molecule has 0 aliphatic rings. The van der Waals surface area contributed by atoms with Crippen LogP contribution in [0, 0.1) is 12.7 Å². The van der Waals surface area contributed by atoms with Crippen molar-refractivity contribution in [2.75, 3.05) is 11.4 Å². The number of rotatable bonds is 4. The number of anilines is 1. The molecule has 2 rings (SSSR count). The van der Waals surface area contributed by atoms with E-state index < -0.39 is 24.2 Å². The van der Waals surface area contributed by atoms with Crippen LogP contribution in [0.4, 0.5) is 10.1 Å². The Hall–Kier alpha value is -2.69. The van der Waals surface area contributed by atoms with Gasteiger partial charge < -0.3 is 5.11 Å². The largest absolute Gasteiger partial charge is 0.480 e. The summed E-state index contributed by atoms with van der Waals surface area (Å²) in [6.07, 6.45) is 0. The number of benzene rings is 2. The molecule has 0 heterocycles. The van der Waals surface area contributed by atoms with Crippen LogP contribution in [0.1, 0.15) is 15.9 Å². The lowest BCUT2D eigenvalue weighted by atomic mass is 10.1. The number of carboxylic acid groups (broad SMARTS) is 1. The van der Waals surface area contributed by atoms with Gasteiger partial charge in [-0.05, 0) is 37.3 Å². The first-order valence-electron chi connectivity index (χ1n) is 6.33. The summed E-state index contributed by atoms with van der Waals surface area (Å²) in [4.78, 5) is 24.5. The van der Waals surface area contributed by atoms with Gasteiger partial charge in [0, 0.05) is 11.3 Å². The van der Waals surface area contributed by atoms with Crippen molar-refractivity contribution < 1.29 is 19.1 Å². The smallest absolute Gasteiger partial charge is 0.323 e. The summed E-state index contributed by atoms with van der Waals surface area (Å²) in [7, 11) is 0. The Balaban J connectivity index is 2.38. The molecule has 2 aromatic carbocycles. The van der Waals surface area contributed by atoms with Gasteiger partial charge in [0.05, 0.1) is 0 Å². The SMILES string of the molecule is Cc1ccc(N(CC(=O)O)C(=O)c2cccc(F)c2)cc1. The second kappa shape index (κ2) is 6.17. The zero-order chi connectivity index (χ0) is 15.4. The summed E-state index contributed by atoms with van der Waals surface area (Å²) in [5.41, 5.74) is 1.56. The van der Waals surface area contributed by atoms with Gasteiger partial charge in [-0.15, -0.1) is 0 Å². The molecule has 0 atom stereocenters. The fourth-order valence-electron chi connectivity index (χ4n) is 1.92. The van der Waals surface area contributed by atoms with E-state index in [1.54, 1.807) is 24.3 Å². The first-order chi connectivity index (χ1) is 9.97. The summed E-state index contributed by atoms with van der Waals surface area (Å²) in [5, 5.41) is 8.98. The molecule has 1 amide bonds. The second-order valence-corrected chi connectivity index (χ2v) is 4.63. The number of aryl methyl sites for hydroxylation is 1. The predicted molar refractivity (Wildman–Crippen MR) is 76.9 cm³/mol. The molecular formula is C16H14FNO3. The van der Waals surface area contributed by atoms with Gasteiger partial charge >= 0.3 is 5.97 Å². The van der Waals surface area contributed by atoms with E-state index in [2.05, 4.69) is 0 Å². The maximum atomic E-state index is 13.2. The van der Waals surface area contributed by atoms with Crippen LogP contribution in [-0.2, 0) is 4.79 Å². The molecule has 0 bridgehead atoms. The van der Waals surface area contributed by atoms with Gasteiger partial charge in [-0.1, -0.05) is 23.8 Å². The number of carbonyl (C=O) groups is 2. The van der Waals surface area contributed by atoms with E-state index in [-0.39, 0.29) is 5.56 Å². The number of nitrogens with zero attached hydrogens (tertiary/aromatic N) is 1. The minimum atomic E-state index is -1.14. The molecule has 0 spiro atoms. The van der Waals surface area contributed by atoms with Crippen LogP contribution in [0.2, 0.25) is 0 Å².